The largest absolute Gasteiger partial charge is 0.349 e. The summed E-state index contributed by atoms with van der Waals surface area (Å²) >= 11 is 3.41. The molecule has 2 fully saturated rings. The van der Waals surface area contributed by atoms with E-state index in [-0.39, 0.29) is 23.9 Å². The van der Waals surface area contributed by atoms with Crippen LogP contribution in [0.1, 0.15) is 88.3 Å². The molecule has 6 nitrogen and oxygen atoms in total. The molecule has 4 aromatic heterocycles. The molecule has 2 aliphatic rings. The molecule has 51 heavy (non-hydrogen) atoms. The molecule has 2 aromatic carbocycles. The molecule has 0 radical (unpaired) electrons. The number of carbonyl (C=O) groups is 2. The van der Waals surface area contributed by atoms with Gasteiger partial charge in [0.15, 0.2) is 0 Å². The number of nitrogens with zero attached hydrogens (tertiary/aromatic N) is 2. The van der Waals surface area contributed by atoms with Crippen LogP contribution in [0.4, 0.5) is 0 Å². The zero-order chi connectivity index (χ0) is 34.9. The van der Waals surface area contributed by atoms with Crippen molar-refractivity contribution >= 4 is 56.3 Å². The summed E-state index contributed by atoms with van der Waals surface area (Å²) in [5.41, 5.74) is 4.85. The van der Waals surface area contributed by atoms with Crippen LogP contribution in [0, 0.1) is 25.7 Å². The van der Waals surface area contributed by atoms with Crippen LogP contribution in [-0.2, 0) is 0 Å². The van der Waals surface area contributed by atoms with Gasteiger partial charge in [0.25, 0.3) is 11.8 Å². The Bertz CT molecular complexity index is 2050. The standard InChI is InChI=1S/C43H44N4O2S2/c1-26-11-21-40(50-26)38-24-34(32-7-3-5-9-36(32)46-38)42(48)44-30-17-13-28(14-18-30)23-29-15-19-31(20-16-29)45-43(49)35-25-39(41-22-12-27(2)51-41)47-37-10-6-4-8-33(35)37/h3-12,21-22,24-25,28-31H,13-20,23H2,1-2H3,(H,44,48)(H,45,49). The molecule has 2 N–H and O–H groups in total. The van der Waals surface area contributed by atoms with Crippen molar-refractivity contribution in [3.8, 4) is 21.1 Å². The number of carbonyl (C=O) groups excluding carboxylic acids is 2. The Morgan fingerprint density at radius 1 is 0.588 bits per heavy atom. The molecule has 0 bridgehead atoms. The van der Waals surface area contributed by atoms with E-state index >= 15 is 0 Å². The number of benzene rings is 2. The van der Waals surface area contributed by atoms with Gasteiger partial charge in [0.2, 0.25) is 0 Å². The highest BCUT2D eigenvalue weighted by molar-refractivity contribution is 7.15. The highest BCUT2D eigenvalue weighted by Gasteiger charge is 2.29. The average molecular weight is 713 g/mol. The number of para-hydroxylation sites is 2. The number of pyridine rings is 2. The zero-order valence-electron chi connectivity index (χ0n) is 29.3. The molecule has 6 aromatic rings. The number of amides is 2. The van der Waals surface area contributed by atoms with Crippen LogP contribution in [0.25, 0.3) is 42.9 Å². The molecule has 8 rings (SSSR count). The topological polar surface area (TPSA) is 84.0 Å². The average Bonchev–Trinajstić information content (AvgIpc) is 3.80. The van der Waals surface area contributed by atoms with Crippen molar-refractivity contribution in [2.75, 3.05) is 0 Å². The lowest BCUT2D eigenvalue weighted by Gasteiger charge is -2.34. The highest BCUT2D eigenvalue weighted by atomic mass is 32.1. The lowest BCUT2D eigenvalue weighted by atomic mass is 9.75. The van der Waals surface area contributed by atoms with E-state index in [0.29, 0.717) is 23.0 Å². The number of aromatic nitrogens is 2. The smallest absolute Gasteiger partial charge is 0.252 e. The first-order valence-electron chi connectivity index (χ1n) is 18.4. The summed E-state index contributed by atoms with van der Waals surface area (Å²) < 4.78 is 0. The van der Waals surface area contributed by atoms with E-state index in [4.69, 9.17) is 9.97 Å². The van der Waals surface area contributed by atoms with E-state index in [9.17, 15) is 9.59 Å². The predicted octanol–water partition coefficient (Wildman–Crippen LogP) is 10.5. The Morgan fingerprint density at radius 2 is 1.00 bits per heavy atom. The third-order valence-corrected chi connectivity index (χ3v) is 13.0. The first-order valence-corrected chi connectivity index (χ1v) is 20.0. The minimum Gasteiger partial charge on any atom is -0.349 e. The van der Waals surface area contributed by atoms with Gasteiger partial charge in [0.1, 0.15) is 0 Å². The Hall–Kier alpha value is -4.40. The molecule has 0 saturated heterocycles. The van der Waals surface area contributed by atoms with Gasteiger partial charge in [-0.2, -0.15) is 0 Å². The maximum Gasteiger partial charge on any atom is 0.252 e. The molecule has 4 heterocycles. The van der Waals surface area contributed by atoms with Crippen LogP contribution < -0.4 is 10.6 Å². The SMILES string of the molecule is Cc1ccc(-c2cc(C(=O)NC3CCC(CC4CCC(NC(=O)c5cc(-c6ccc(C)s6)nc6ccccc56)CC4)CC3)c3ccccc3n2)s1. The molecular weight excluding hydrogens is 669 g/mol. The molecule has 260 valence electrons. The summed E-state index contributed by atoms with van der Waals surface area (Å²) in [6, 6.07) is 28.6. The molecule has 0 unspecified atom stereocenters. The quantitative estimate of drug-likeness (QED) is 0.165. The van der Waals surface area contributed by atoms with Crippen molar-refractivity contribution in [2.24, 2.45) is 11.8 Å². The maximum atomic E-state index is 13.7. The van der Waals surface area contributed by atoms with E-state index < -0.39 is 0 Å². The molecule has 2 aliphatic carbocycles. The molecule has 2 amide bonds. The second-order valence-corrected chi connectivity index (χ2v) is 17.2. The van der Waals surface area contributed by atoms with Gasteiger partial charge in [0, 0.05) is 32.6 Å². The van der Waals surface area contributed by atoms with Crippen molar-refractivity contribution in [1.82, 2.24) is 20.6 Å². The first kappa shape index (κ1) is 33.7. The number of thiophene rings is 2. The second-order valence-electron chi connectivity index (χ2n) is 14.6. The number of fused-ring (bicyclic) bond motifs is 2. The van der Waals surface area contributed by atoms with Crippen LogP contribution >= 0.6 is 22.7 Å². The van der Waals surface area contributed by atoms with Crippen molar-refractivity contribution in [3.63, 3.8) is 0 Å². The van der Waals surface area contributed by atoms with Gasteiger partial charge in [-0.3, -0.25) is 9.59 Å². The van der Waals surface area contributed by atoms with Gasteiger partial charge in [-0.25, -0.2) is 9.97 Å². The van der Waals surface area contributed by atoms with Gasteiger partial charge >= 0.3 is 0 Å². The fraction of sp³-hybridized carbons (Fsp3) is 0.349. The van der Waals surface area contributed by atoms with Crippen LogP contribution in [0.5, 0.6) is 0 Å². The summed E-state index contributed by atoms with van der Waals surface area (Å²) in [5.74, 6) is 1.41. The first-order chi connectivity index (χ1) is 24.9. The summed E-state index contributed by atoms with van der Waals surface area (Å²) in [4.78, 5) is 41.8. The van der Waals surface area contributed by atoms with E-state index in [2.05, 4.69) is 48.7 Å². The molecule has 0 atom stereocenters. The van der Waals surface area contributed by atoms with Gasteiger partial charge in [0.05, 0.1) is 43.3 Å². The number of nitrogens with one attached hydrogen (secondary N) is 2. The van der Waals surface area contributed by atoms with Crippen molar-refractivity contribution < 1.29 is 9.59 Å². The maximum absolute atomic E-state index is 13.7. The number of hydrogen-bond acceptors (Lipinski definition) is 6. The van der Waals surface area contributed by atoms with E-state index in [0.717, 1.165) is 94.3 Å². The number of aryl methyl sites for hydroxylation is 2. The highest BCUT2D eigenvalue weighted by Crippen LogP contribution is 2.37. The normalized spacial score (nSPS) is 20.7. The van der Waals surface area contributed by atoms with Gasteiger partial charge < -0.3 is 10.6 Å². The molecule has 8 heteroatoms. The van der Waals surface area contributed by atoms with Crippen LogP contribution in [0.2, 0.25) is 0 Å². The van der Waals surface area contributed by atoms with Crippen molar-refractivity contribution in [2.45, 2.75) is 83.7 Å². The molecular formula is C43H44N4O2S2. The lowest BCUT2D eigenvalue weighted by molar-refractivity contribution is 0.0919. The Labute approximate surface area is 307 Å². The van der Waals surface area contributed by atoms with E-state index in [1.165, 1.54) is 16.2 Å². The van der Waals surface area contributed by atoms with Crippen LogP contribution in [0.3, 0.4) is 0 Å². The predicted molar refractivity (Wildman–Crippen MR) is 211 cm³/mol. The fourth-order valence-corrected chi connectivity index (χ4v) is 9.86. The van der Waals surface area contributed by atoms with Crippen molar-refractivity contribution in [3.05, 3.63) is 106 Å². The van der Waals surface area contributed by atoms with Crippen LogP contribution in [0.15, 0.2) is 84.9 Å². The minimum absolute atomic E-state index is 0.00422. The third kappa shape index (κ3) is 7.49. The molecule has 2 saturated carbocycles. The third-order valence-electron chi connectivity index (χ3n) is 10.9. The Balaban J connectivity index is 0.838. The summed E-state index contributed by atoms with van der Waals surface area (Å²) in [5, 5.41) is 8.59. The summed E-state index contributed by atoms with van der Waals surface area (Å²) in [6.45, 7) is 4.19. The Morgan fingerprint density at radius 3 is 1.39 bits per heavy atom. The minimum atomic E-state index is 0.00422. The molecule has 0 spiro atoms. The van der Waals surface area contributed by atoms with Crippen molar-refractivity contribution in [1.29, 1.82) is 0 Å². The summed E-state index contributed by atoms with van der Waals surface area (Å²) in [7, 11) is 0. The number of rotatable bonds is 8. The second kappa shape index (κ2) is 14.7. The summed E-state index contributed by atoms with van der Waals surface area (Å²) in [6.07, 6.45) is 9.95. The monoisotopic (exact) mass is 712 g/mol. The van der Waals surface area contributed by atoms with E-state index in [1.54, 1.807) is 22.7 Å². The van der Waals surface area contributed by atoms with Gasteiger partial charge in [-0.15, -0.1) is 22.7 Å². The van der Waals surface area contributed by atoms with Gasteiger partial charge in [-0.05, 0) is 132 Å². The lowest BCUT2D eigenvalue weighted by Crippen LogP contribution is -2.39. The van der Waals surface area contributed by atoms with Crippen LogP contribution in [-0.4, -0.2) is 33.9 Å². The fourth-order valence-electron chi connectivity index (χ4n) is 8.21. The number of hydrogen-bond donors (Lipinski definition) is 2. The van der Waals surface area contributed by atoms with E-state index in [1.807, 2.05) is 60.7 Å². The molecule has 0 aliphatic heterocycles. The Kier molecular flexibility index (Phi) is 9.71. The van der Waals surface area contributed by atoms with Gasteiger partial charge in [-0.1, -0.05) is 36.4 Å². The zero-order valence-corrected chi connectivity index (χ0v) is 30.9.